The van der Waals surface area contributed by atoms with E-state index in [1.54, 1.807) is 19.1 Å². The number of nitrogens with zero attached hydrogens (tertiary/aromatic N) is 3. The van der Waals surface area contributed by atoms with E-state index in [4.69, 9.17) is 4.74 Å². The smallest absolute Gasteiger partial charge is 0.433 e. The van der Waals surface area contributed by atoms with Gasteiger partial charge in [-0.05, 0) is 56.6 Å². The fourth-order valence-corrected chi connectivity index (χ4v) is 6.64. The summed E-state index contributed by atoms with van der Waals surface area (Å²) in [5, 5.41) is 7.09. The van der Waals surface area contributed by atoms with Gasteiger partial charge in [0.1, 0.15) is 5.00 Å². The largest absolute Gasteiger partial charge is 0.462 e. The van der Waals surface area contributed by atoms with E-state index in [-0.39, 0.29) is 35.6 Å². The molecular formula is C27H23F3N4O3S. The summed E-state index contributed by atoms with van der Waals surface area (Å²) in [5.41, 5.74) is 1.87. The summed E-state index contributed by atoms with van der Waals surface area (Å²) in [5.74, 6) is -1.24. The second-order valence-corrected chi connectivity index (χ2v) is 10.4. The first kappa shape index (κ1) is 24.6. The quantitative estimate of drug-likeness (QED) is 0.327. The number of ether oxygens (including phenoxy) is 1. The van der Waals surface area contributed by atoms with Crippen LogP contribution in [0.3, 0.4) is 0 Å². The summed E-state index contributed by atoms with van der Waals surface area (Å²) in [6.07, 6.45) is -0.687. The summed E-state index contributed by atoms with van der Waals surface area (Å²) < 4.78 is 49.0. The molecule has 0 spiro atoms. The Labute approximate surface area is 219 Å². The van der Waals surface area contributed by atoms with Crippen LogP contribution in [0.1, 0.15) is 67.9 Å². The molecule has 196 valence electrons. The molecule has 0 aliphatic heterocycles. The van der Waals surface area contributed by atoms with Crippen LogP contribution < -0.4 is 5.32 Å². The first-order valence-electron chi connectivity index (χ1n) is 12.5. The molecule has 0 saturated carbocycles. The Bertz CT molecular complexity index is 1610. The van der Waals surface area contributed by atoms with E-state index < -0.39 is 23.7 Å². The minimum absolute atomic E-state index is 0.0642. The number of aryl methyl sites for hydroxylation is 2. The second kappa shape index (κ2) is 9.23. The highest BCUT2D eigenvalue weighted by atomic mass is 32.1. The maximum absolute atomic E-state index is 14.3. The van der Waals surface area contributed by atoms with Crippen LogP contribution in [0.5, 0.6) is 0 Å². The van der Waals surface area contributed by atoms with Gasteiger partial charge in [-0.3, -0.25) is 4.79 Å². The zero-order chi connectivity index (χ0) is 26.6. The maximum Gasteiger partial charge on any atom is 0.433 e. The number of esters is 1. The highest BCUT2D eigenvalue weighted by molar-refractivity contribution is 7.17. The third kappa shape index (κ3) is 4.05. The lowest BCUT2D eigenvalue weighted by atomic mass is 9.88. The molecule has 38 heavy (non-hydrogen) atoms. The number of hydrogen-bond acceptors (Lipinski definition) is 6. The molecule has 4 aromatic rings. The molecule has 1 amide bonds. The summed E-state index contributed by atoms with van der Waals surface area (Å²) in [4.78, 5) is 31.5. The first-order valence-corrected chi connectivity index (χ1v) is 13.3. The SMILES string of the molecule is CCOC(=O)c1c(NC(=O)c2cc3nc4c(c(C(F)(F)F)n3n2)CCc2ccccc2-4)sc2c1CCCC2. The topological polar surface area (TPSA) is 85.6 Å². The molecule has 0 unspecified atom stereocenters. The predicted octanol–water partition coefficient (Wildman–Crippen LogP) is 5.88. The highest BCUT2D eigenvalue weighted by Gasteiger charge is 2.40. The van der Waals surface area contributed by atoms with Crippen molar-refractivity contribution in [2.75, 3.05) is 11.9 Å². The van der Waals surface area contributed by atoms with E-state index in [1.165, 1.54) is 17.4 Å². The van der Waals surface area contributed by atoms with Crippen LogP contribution in [0.25, 0.3) is 16.9 Å². The van der Waals surface area contributed by atoms with Crippen molar-refractivity contribution < 1.29 is 27.5 Å². The molecule has 2 aliphatic carbocycles. The lowest BCUT2D eigenvalue weighted by molar-refractivity contribution is -0.143. The Kier molecular flexibility index (Phi) is 5.97. The molecule has 1 N–H and O–H groups in total. The van der Waals surface area contributed by atoms with Crippen molar-refractivity contribution in [2.45, 2.75) is 51.6 Å². The summed E-state index contributed by atoms with van der Waals surface area (Å²) in [7, 11) is 0. The van der Waals surface area contributed by atoms with Crippen LogP contribution in [0.2, 0.25) is 0 Å². The minimum Gasteiger partial charge on any atom is -0.462 e. The Hall–Kier alpha value is -3.73. The molecule has 6 rings (SSSR count). The Morgan fingerprint density at radius 2 is 1.89 bits per heavy atom. The van der Waals surface area contributed by atoms with Gasteiger partial charge in [0.05, 0.1) is 17.9 Å². The monoisotopic (exact) mass is 540 g/mol. The number of carbonyl (C=O) groups excluding carboxylic acids is 2. The van der Waals surface area contributed by atoms with E-state index in [1.807, 2.05) is 12.1 Å². The van der Waals surface area contributed by atoms with E-state index in [0.29, 0.717) is 33.5 Å². The lowest BCUT2D eigenvalue weighted by Gasteiger charge is -2.23. The van der Waals surface area contributed by atoms with Crippen molar-refractivity contribution in [1.29, 1.82) is 0 Å². The second-order valence-electron chi connectivity index (χ2n) is 9.33. The minimum atomic E-state index is -4.71. The first-order chi connectivity index (χ1) is 18.3. The molecule has 0 bridgehead atoms. The van der Waals surface area contributed by atoms with Gasteiger partial charge in [0.15, 0.2) is 17.0 Å². The van der Waals surface area contributed by atoms with Crippen LogP contribution in [0.15, 0.2) is 30.3 Å². The van der Waals surface area contributed by atoms with Crippen molar-refractivity contribution in [3.8, 4) is 11.3 Å². The summed E-state index contributed by atoms with van der Waals surface area (Å²) in [6.45, 7) is 1.89. The maximum atomic E-state index is 14.3. The van der Waals surface area contributed by atoms with Crippen molar-refractivity contribution in [3.05, 3.63) is 68.9 Å². The van der Waals surface area contributed by atoms with Crippen LogP contribution in [0, 0.1) is 0 Å². The van der Waals surface area contributed by atoms with Gasteiger partial charge in [-0.1, -0.05) is 24.3 Å². The molecule has 11 heteroatoms. The average molecular weight is 541 g/mol. The van der Waals surface area contributed by atoms with Crippen molar-refractivity contribution in [3.63, 3.8) is 0 Å². The number of hydrogen-bond donors (Lipinski definition) is 1. The third-order valence-corrected chi connectivity index (χ3v) is 8.20. The highest BCUT2D eigenvalue weighted by Crippen LogP contribution is 2.41. The number of thiophene rings is 1. The number of amides is 1. The van der Waals surface area contributed by atoms with Crippen LogP contribution >= 0.6 is 11.3 Å². The molecule has 2 aliphatic rings. The molecule has 0 atom stereocenters. The number of carbonyl (C=O) groups is 2. The molecule has 0 radical (unpaired) electrons. The standard InChI is InChI=1S/C27H23F3N4O3S/c1-2-37-26(36)21-16-9-5-6-10-19(16)38-25(21)32-24(35)18-13-20-31-22-15-8-4-3-7-14(15)11-12-17(22)23(27(28,29)30)34(20)33-18/h3-4,7-8,13H,2,5-6,9-12H2,1H3,(H,32,35). The number of nitrogens with one attached hydrogen (secondary N) is 1. The zero-order valence-corrected chi connectivity index (χ0v) is 21.3. The summed E-state index contributed by atoms with van der Waals surface area (Å²) in [6, 6.07) is 8.51. The van der Waals surface area contributed by atoms with Crippen molar-refractivity contribution in [2.24, 2.45) is 0 Å². The van der Waals surface area contributed by atoms with Gasteiger partial charge in [0, 0.05) is 22.1 Å². The number of halogens is 3. The number of anilines is 1. The van der Waals surface area contributed by atoms with Crippen LogP contribution in [-0.2, 0) is 36.6 Å². The number of rotatable bonds is 4. The average Bonchev–Trinajstić information content (AvgIpc) is 3.47. The molecule has 0 fully saturated rings. The Balaban J connectivity index is 1.43. The van der Waals surface area contributed by atoms with Gasteiger partial charge in [-0.15, -0.1) is 11.3 Å². The normalized spacial score (nSPS) is 14.5. The van der Waals surface area contributed by atoms with Gasteiger partial charge in [-0.2, -0.15) is 18.3 Å². The molecule has 3 heterocycles. The van der Waals surface area contributed by atoms with Gasteiger partial charge in [0.25, 0.3) is 5.91 Å². The molecule has 1 aromatic carbocycles. The van der Waals surface area contributed by atoms with Gasteiger partial charge < -0.3 is 10.1 Å². The summed E-state index contributed by atoms with van der Waals surface area (Å²) >= 11 is 1.30. The van der Waals surface area contributed by atoms with Gasteiger partial charge >= 0.3 is 12.1 Å². The fraction of sp³-hybridized carbons (Fsp3) is 0.333. The zero-order valence-electron chi connectivity index (χ0n) is 20.4. The van der Waals surface area contributed by atoms with Crippen molar-refractivity contribution >= 4 is 33.9 Å². The number of alkyl halides is 3. The van der Waals surface area contributed by atoms with E-state index >= 15 is 0 Å². The fourth-order valence-electron chi connectivity index (χ4n) is 5.37. The van der Waals surface area contributed by atoms with E-state index in [9.17, 15) is 22.8 Å². The van der Waals surface area contributed by atoms with Gasteiger partial charge in [0.2, 0.25) is 0 Å². The predicted molar refractivity (Wildman–Crippen MR) is 136 cm³/mol. The van der Waals surface area contributed by atoms with E-state index in [0.717, 1.165) is 35.3 Å². The van der Waals surface area contributed by atoms with Crippen LogP contribution in [0.4, 0.5) is 18.2 Å². The molecular weight excluding hydrogens is 517 g/mol. The van der Waals surface area contributed by atoms with E-state index in [2.05, 4.69) is 15.4 Å². The Morgan fingerprint density at radius 1 is 1.11 bits per heavy atom. The molecule has 0 saturated heterocycles. The number of aromatic nitrogens is 3. The molecule has 7 nitrogen and oxygen atoms in total. The number of fused-ring (bicyclic) bond motifs is 5. The van der Waals surface area contributed by atoms with Crippen LogP contribution in [-0.4, -0.2) is 33.1 Å². The third-order valence-electron chi connectivity index (χ3n) is 7.00. The Morgan fingerprint density at radius 3 is 2.68 bits per heavy atom. The molecule has 3 aromatic heterocycles. The number of benzene rings is 1. The lowest BCUT2D eigenvalue weighted by Crippen LogP contribution is -2.21. The van der Waals surface area contributed by atoms with Gasteiger partial charge in [-0.25, -0.2) is 14.3 Å². The van der Waals surface area contributed by atoms with Crippen molar-refractivity contribution in [1.82, 2.24) is 14.6 Å².